The minimum Gasteiger partial charge on any atom is -0.496 e. The third kappa shape index (κ3) is 4.30. The smallest absolute Gasteiger partial charge is 0.225 e. The van der Waals surface area contributed by atoms with Crippen LogP contribution in [0.15, 0.2) is 42.5 Å². The van der Waals surface area contributed by atoms with Gasteiger partial charge in [-0.05, 0) is 35.7 Å². The van der Waals surface area contributed by atoms with Gasteiger partial charge in [-0.3, -0.25) is 9.59 Å². The van der Waals surface area contributed by atoms with E-state index in [1.165, 1.54) is 5.56 Å². The van der Waals surface area contributed by atoms with E-state index in [1.54, 1.807) is 43.0 Å². The number of rotatable bonds is 5. The highest BCUT2D eigenvalue weighted by atomic mass is 35.5. The Morgan fingerprint density at radius 2 is 2.00 bits per heavy atom. The number of carbonyl (C=O) groups excluding carboxylic acids is 2. The lowest BCUT2D eigenvalue weighted by Gasteiger charge is -2.37. The number of carbonyl (C=O) groups is 2. The molecule has 5 nitrogen and oxygen atoms in total. The van der Waals surface area contributed by atoms with E-state index in [9.17, 15) is 9.59 Å². The standard InChI is InChI=1S/C22H25ClN2O3/c1-15(26)25-11-10-16-6-4-5-7-19(16)20(25)13-22(27)24(2)14-17-12-18(23)8-9-21(17)28-3/h4-9,12,20H,10-11,13-14H2,1-3H3. The molecule has 0 radical (unpaired) electrons. The molecule has 0 saturated heterocycles. The Morgan fingerprint density at radius 1 is 1.25 bits per heavy atom. The molecule has 1 unspecified atom stereocenters. The topological polar surface area (TPSA) is 49.9 Å². The fraction of sp³-hybridized carbons (Fsp3) is 0.364. The van der Waals surface area contributed by atoms with E-state index in [1.807, 2.05) is 24.3 Å². The van der Waals surface area contributed by atoms with Gasteiger partial charge in [0.05, 0.1) is 19.6 Å². The first-order valence-electron chi connectivity index (χ1n) is 9.32. The molecule has 1 aliphatic rings. The number of ether oxygens (including phenoxy) is 1. The number of fused-ring (bicyclic) bond motifs is 1. The van der Waals surface area contributed by atoms with Crippen LogP contribution < -0.4 is 4.74 Å². The van der Waals surface area contributed by atoms with E-state index >= 15 is 0 Å². The van der Waals surface area contributed by atoms with Crippen molar-refractivity contribution in [2.45, 2.75) is 32.4 Å². The van der Waals surface area contributed by atoms with Crippen LogP contribution in [0, 0.1) is 0 Å². The van der Waals surface area contributed by atoms with Gasteiger partial charge in [-0.2, -0.15) is 0 Å². The molecule has 0 N–H and O–H groups in total. The van der Waals surface area contributed by atoms with Gasteiger partial charge < -0.3 is 14.5 Å². The number of hydrogen-bond donors (Lipinski definition) is 0. The predicted octanol–water partition coefficient (Wildman–Crippen LogP) is 3.84. The predicted molar refractivity (Wildman–Crippen MR) is 109 cm³/mol. The molecule has 2 amide bonds. The Morgan fingerprint density at radius 3 is 2.71 bits per heavy atom. The molecule has 1 aliphatic heterocycles. The fourth-order valence-electron chi connectivity index (χ4n) is 3.78. The summed E-state index contributed by atoms with van der Waals surface area (Å²) in [5.41, 5.74) is 3.11. The lowest BCUT2D eigenvalue weighted by Crippen LogP contribution is -2.41. The van der Waals surface area contributed by atoms with Gasteiger partial charge in [0.25, 0.3) is 0 Å². The van der Waals surface area contributed by atoms with Crippen molar-refractivity contribution in [3.8, 4) is 5.75 Å². The maximum absolute atomic E-state index is 13.0. The van der Waals surface area contributed by atoms with Crippen LogP contribution in [0.2, 0.25) is 5.02 Å². The van der Waals surface area contributed by atoms with Crippen LogP contribution >= 0.6 is 11.6 Å². The van der Waals surface area contributed by atoms with Crippen molar-refractivity contribution >= 4 is 23.4 Å². The van der Waals surface area contributed by atoms with Gasteiger partial charge in [-0.15, -0.1) is 0 Å². The van der Waals surface area contributed by atoms with Gasteiger partial charge in [-0.1, -0.05) is 35.9 Å². The highest BCUT2D eigenvalue weighted by Crippen LogP contribution is 2.33. The fourth-order valence-corrected chi connectivity index (χ4v) is 3.98. The Labute approximate surface area is 170 Å². The first-order valence-corrected chi connectivity index (χ1v) is 9.70. The number of hydrogen-bond acceptors (Lipinski definition) is 3. The van der Waals surface area contributed by atoms with E-state index in [4.69, 9.17) is 16.3 Å². The summed E-state index contributed by atoms with van der Waals surface area (Å²) in [7, 11) is 3.35. The Kier molecular flexibility index (Phi) is 6.25. The molecule has 2 aromatic rings. The first-order chi connectivity index (χ1) is 13.4. The molecule has 0 aliphatic carbocycles. The number of nitrogens with zero attached hydrogens (tertiary/aromatic N) is 2. The number of methoxy groups -OCH3 is 1. The Hall–Kier alpha value is -2.53. The molecule has 0 saturated carbocycles. The second-order valence-electron chi connectivity index (χ2n) is 7.09. The van der Waals surface area contributed by atoms with Crippen LogP contribution in [0.1, 0.15) is 36.1 Å². The van der Waals surface area contributed by atoms with Gasteiger partial charge >= 0.3 is 0 Å². The van der Waals surface area contributed by atoms with Crippen molar-refractivity contribution in [2.24, 2.45) is 0 Å². The molecule has 0 bridgehead atoms. The monoisotopic (exact) mass is 400 g/mol. The average Bonchev–Trinajstić information content (AvgIpc) is 2.68. The summed E-state index contributed by atoms with van der Waals surface area (Å²) in [5, 5.41) is 0.598. The van der Waals surface area contributed by atoms with Gasteiger partial charge in [-0.25, -0.2) is 0 Å². The SMILES string of the molecule is COc1ccc(Cl)cc1CN(C)C(=O)CC1c2ccccc2CCN1C(C)=O. The van der Waals surface area contributed by atoms with Crippen molar-refractivity contribution in [3.63, 3.8) is 0 Å². The summed E-state index contributed by atoms with van der Waals surface area (Å²) in [4.78, 5) is 28.6. The highest BCUT2D eigenvalue weighted by molar-refractivity contribution is 6.30. The van der Waals surface area contributed by atoms with Gasteiger partial charge in [0.15, 0.2) is 0 Å². The molecule has 148 valence electrons. The van der Waals surface area contributed by atoms with Crippen LogP contribution in [0.4, 0.5) is 0 Å². The number of amides is 2. The third-order valence-electron chi connectivity index (χ3n) is 5.26. The number of halogens is 1. The van der Waals surface area contributed by atoms with Gasteiger partial charge in [0.1, 0.15) is 5.75 Å². The molecule has 1 atom stereocenters. The summed E-state index contributed by atoms with van der Waals surface area (Å²) in [6.07, 6.45) is 1.06. The quantitative estimate of drug-likeness (QED) is 0.766. The van der Waals surface area contributed by atoms with Gasteiger partial charge in [0, 0.05) is 37.6 Å². The van der Waals surface area contributed by atoms with Crippen LogP contribution in [-0.4, -0.2) is 42.3 Å². The van der Waals surface area contributed by atoms with Crippen molar-refractivity contribution in [1.29, 1.82) is 0 Å². The van der Waals surface area contributed by atoms with Crippen molar-refractivity contribution in [3.05, 3.63) is 64.2 Å². The van der Waals surface area contributed by atoms with Crippen LogP contribution in [0.25, 0.3) is 0 Å². The lowest BCUT2D eigenvalue weighted by molar-refractivity contribution is -0.136. The van der Waals surface area contributed by atoms with E-state index in [-0.39, 0.29) is 24.3 Å². The van der Waals surface area contributed by atoms with E-state index in [0.717, 1.165) is 17.5 Å². The molecular weight excluding hydrogens is 376 g/mol. The van der Waals surface area contributed by atoms with E-state index in [2.05, 4.69) is 6.07 Å². The van der Waals surface area contributed by atoms with E-state index in [0.29, 0.717) is 23.9 Å². The second-order valence-corrected chi connectivity index (χ2v) is 7.52. The number of benzene rings is 2. The van der Waals surface area contributed by atoms with Crippen LogP contribution in [-0.2, 0) is 22.6 Å². The van der Waals surface area contributed by atoms with Crippen molar-refractivity contribution < 1.29 is 14.3 Å². The molecule has 3 rings (SSSR count). The second kappa shape index (κ2) is 8.65. The maximum Gasteiger partial charge on any atom is 0.225 e. The minimum absolute atomic E-state index is 0.00790. The van der Waals surface area contributed by atoms with Gasteiger partial charge in [0.2, 0.25) is 11.8 Å². The maximum atomic E-state index is 13.0. The normalized spacial score (nSPS) is 15.7. The Bertz CT molecular complexity index is 884. The van der Waals surface area contributed by atoms with Crippen molar-refractivity contribution in [1.82, 2.24) is 9.80 Å². The molecule has 0 aromatic heterocycles. The molecule has 1 heterocycles. The largest absolute Gasteiger partial charge is 0.496 e. The van der Waals surface area contributed by atoms with Crippen LogP contribution in [0.3, 0.4) is 0 Å². The summed E-state index contributed by atoms with van der Waals surface area (Å²) >= 11 is 6.10. The first kappa shape index (κ1) is 20.2. The molecule has 2 aromatic carbocycles. The molecule has 0 spiro atoms. The molecule has 6 heteroatoms. The summed E-state index contributed by atoms with van der Waals surface area (Å²) in [6, 6.07) is 13.2. The average molecular weight is 401 g/mol. The molecule has 0 fully saturated rings. The lowest BCUT2D eigenvalue weighted by atomic mass is 9.90. The zero-order chi connectivity index (χ0) is 20.3. The summed E-state index contributed by atoms with van der Waals surface area (Å²) < 4.78 is 5.38. The minimum atomic E-state index is -0.237. The van der Waals surface area contributed by atoms with E-state index < -0.39 is 0 Å². The van der Waals surface area contributed by atoms with Crippen molar-refractivity contribution in [2.75, 3.05) is 20.7 Å². The summed E-state index contributed by atoms with van der Waals surface area (Å²) in [6.45, 7) is 2.58. The van der Waals surface area contributed by atoms with Crippen LogP contribution in [0.5, 0.6) is 5.75 Å². The molecule has 28 heavy (non-hydrogen) atoms. The summed E-state index contributed by atoms with van der Waals surface area (Å²) in [5.74, 6) is 0.652. The zero-order valence-corrected chi connectivity index (χ0v) is 17.2. The Balaban J connectivity index is 1.79. The zero-order valence-electron chi connectivity index (χ0n) is 16.4. The highest BCUT2D eigenvalue weighted by Gasteiger charge is 2.31. The third-order valence-corrected chi connectivity index (χ3v) is 5.50. The molecular formula is C22H25ClN2O3.